The van der Waals surface area contributed by atoms with Crippen molar-refractivity contribution >= 4 is 29.9 Å². The minimum Gasteiger partial charge on any atom is -0.352 e. The molecule has 0 aromatic carbocycles. The van der Waals surface area contributed by atoms with E-state index in [-0.39, 0.29) is 0 Å². The molecule has 0 bridgehead atoms. The second-order valence-corrected chi connectivity index (χ2v) is 3.38. The molecule has 0 aliphatic heterocycles. The van der Waals surface area contributed by atoms with Crippen molar-refractivity contribution in [2.45, 2.75) is 6.55 Å². The molecule has 0 fully saturated rings. The first kappa shape index (κ1) is 6.57. The van der Waals surface area contributed by atoms with E-state index in [0.717, 1.165) is 9.68 Å². The number of nitrogens with one attached hydrogen (secondary N) is 2. The fraction of sp³-hybridized carbons (Fsp3) is 1.00. The number of hydrogen-bond acceptors (Lipinski definition) is 2. The zero-order valence-corrected chi connectivity index (χ0v) is 6.50. The molecule has 2 nitrogen and oxygen atoms in total. The summed E-state index contributed by atoms with van der Waals surface area (Å²) in [4.78, 5) is 0. The molecule has 0 spiro atoms. The van der Waals surface area contributed by atoms with Gasteiger partial charge in [-0.25, -0.2) is 0 Å². The Labute approximate surface area is 46.5 Å². The van der Waals surface area contributed by atoms with Crippen molar-refractivity contribution in [3.8, 4) is 0 Å². The molecule has 0 unspecified atom stereocenters. The Morgan fingerprint density at radius 2 is 2.33 bits per heavy atom. The molecule has 2 N–H and O–H groups in total. The van der Waals surface area contributed by atoms with Crippen LogP contribution in [-0.2, 0) is 0 Å². The van der Waals surface area contributed by atoms with Crippen molar-refractivity contribution in [3.05, 3.63) is 0 Å². The predicted octanol–water partition coefficient (Wildman–Crippen LogP) is -1.55. The molecule has 0 aliphatic rings. The van der Waals surface area contributed by atoms with Crippen LogP contribution < -0.4 is 9.30 Å². The van der Waals surface area contributed by atoms with Crippen molar-refractivity contribution in [1.82, 2.24) is 9.30 Å². The van der Waals surface area contributed by atoms with E-state index in [1.54, 1.807) is 0 Å². The minimum absolute atomic E-state index is 0.641. The van der Waals surface area contributed by atoms with Gasteiger partial charge in [-0.15, -0.1) is 0 Å². The SMILES string of the molecule is C[Si]N[Si]N[Si]. The standard InChI is InChI=1S/CH5N2Si3/c1-5-3-6-2-4/h2-3H,1H3. The van der Waals surface area contributed by atoms with Gasteiger partial charge >= 0.3 is 0 Å². The normalized spacial score (nSPS) is 9.00. The van der Waals surface area contributed by atoms with Gasteiger partial charge in [0.2, 0.25) is 9.84 Å². The predicted molar refractivity (Wildman–Crippen MR) is 29.4 cm³/mol. The van der Waals surface area contributed by atoms with Gasteiger partial charge in [0, 0.05) is 0 Å². The van der Waals surface area contributed by atoms with Crippen LogP contribution >= 0.6 is 0 Å². The largest absolute Gasteiger partial charge is 0.352 e. The van der Waals surface area contributed by atoms with Crippen LogP contribution in [-0.4, -0.2) is 29.9 Å². The second-order valence-electron chi connectivity index (χ2n) is 0.625. The van der Waals surface area contributed by atoms with Gasteiger partial charge in [0.25, 0.3) is 0 Å². The van der Waals surface area contributed by atoms with E-state index in [1.165, 1.54) is 0 Å². The molecular formula is CH5N2Si3. The monoisotopic (exact) mass is 129 g/mol. The third kappa shape index (κ3) is 4.57. The van der Waals surface area contributed by atoms with Gasteiger partial charge in [0.05, 0.1) is 0 Å². The van der Waals surface area contributed by atoms with Gasteiger partial charge in [0.1, 0.15) is 20.1 Å². The van der Waals surface area contributed by atoms with Crippen LogP contribution in [0.4, 0.5) is 0 Å². The van der Waals surface area contributed by atoms with E-state index in [2.05, 4.69) is 26.2 Å². The third-order valence-electron chi connectivity index (χ3n) is 0.250. The van der Waals surface area contributed by atoms with Gasteiger partial charge in [-0.2, -0.15) is 0 Å². The van der Waals surface area contributed by atoms with Crippen molar-refractivity contribution in [2.75, 3.05) is 0 Å². The Kier molecular flexibility index (Phi) is 6.10. The first-order valence-electron chi connectivity index (χ1n) is 1.50. The summed E-state index contributed by atoms with van der Waals surface area (Å²) in [5, 5.41) is 0. The highest BCUT2D eigenvalue weighted by atomic mass is 28.3. The van der Waals surface area contributed by atoms with Gasteiger partial charge < -0.3 is 9.30 Å². The maximum atomic E-state index is 3.10. The lowest BCUT2D eigenvalue weighted by Gasteiger charge is -1.89. The summed E-state index contributed by atoms with van der Waals surface area (Å²) >= 11 is 0. The van der Waals surface area contributed by atoms with E-state index in [9.17, 15) is 0 Å². The molecular weight excluding hydrogens is 124 g/mol. The lowest BCUT2D eigenvalue weighted by Crippen LogP contribution is -2.32. The van der Waals surface area contributed by atoms with E-state index in [1.807, 2.05) is 0 Å². The van der Waals surface area contributed by atoms with Gasteiger partial charge in [0.15, 0.2) is 0 Å². The molecule has 0 amide bonds. The maximum absolute atomic E-state index is 3.10. The molecule has 0 atom stereocenters. The first-order valence-corrected chi connectivity index (χ1v) is 4.50. The molecule has 0 aromatic rings. The van der Waals surface area contributed by atoms with E-state index in [4.69, 9.17) is 0 Å². The van der Waals surface area contributed by atoms with E-state index < -0.39 is 0 Å². The van der Waals surface area contributed by atoms with Crippen LogP contribution in [0.5, 0.6) is 0 Å². The second kappa shape index (κ2) is 5.57. The van der Waals surface area contributed by atoms with Crippen LogP contribution in [0, 0.1) is 0 Å². The quantitative estimate of drug-likeness (QED) is 0.356. The summed E-state index contributed by atoms with van der Waals surface area (Å²) in [6, 6.07) is 0. The van der Waals surface area contributed by atoms with Crippen LogP contribution in [0.3, 0.4) is 0 Å². The third-order valence-corrected chi connectivity index (χ3v) is 2.25. The average Bonchev–Trinajstić information content (AvgIpc) is 1.61. The minimum atomic E-state index is 0.641. The fourth-order valence-corrected chi connectivity index (χ4v) is 1.41. The Balaban J connectivity index is 2.34. The zero-order chi connectivity index (χ0) is 4.83. The summed E-state index contributed by atoms with van der Waals surface area (Å²) in [6.07, 6.45) is 0. The topological polar surface area (TPSA) is 24.1 Å². The van der Waals surface area contributed by atoms with Crippen LogP contribution in [0.15, 0.2) is 0 Å². The zero-order valence-electron chi connectivity index (χ0n) is 3.50. The summed E-state index contributed by atoms with van der Waals surface area (Å²) in [7, 11) is 4.57. The molecule has 6 heavy (non-hydrogen) atoms. The highest BCUT2D eigenvalue weighted by Crippen LogP contribution is 1.37. The molecule has 0 aliphatic carbocycles. The summed E-state index contributed by atoms with van der Waals surface area (Å²) in [5.41, 5.74) is 0. The molecule has 0 rings (SSSR count). The summed E-state index contributed by atoms with van der Waals surface area (Å²) in [5.74, 6) is 0. The van der Waals surface area contributed by atoms with Crippen molar-refractivity contribution in [3.63, 3.8) is 0 Å². The smallest absolute Gasteiger partial charge is 0.229 e. The van der Waals surface area contributed by atoms with Gasteiger partial charge in [-0.05, 0) is 0 Å². The van der Waals surface area contributed by atoms with Crippen LogP contribution in [0.2, 0.25) is 6.55 Å². The highest BCUT2D eigenvalue weighted by molar-refractivity contribution is 6.52. The molecule has 0 heterocycles. The molecule has 0 saturated carbocycles. The molecule has 31 valence electrons. The van der Waals surface area contributed by atoms with Crippen molar-refractivity contribution < 1.29 is 0 Å². The lowest BCUT2D eigenvalue weighted by molar-refractivity contribution is 1.45. The van der Waals surface area contributed by atoms with Gasteiger partial charge in [-0.3, -0.25) is 0 Å². The number of hydrogen-bond donors (Lipinski definition) is 2. The van der Waals surface area contributed by atoms with Crippen molar-refractivity contribution in [2.24, 2.45) is 0 Å². The van der Waals surface area contributed by atoms with Crippen LogP contribution in [0.25, 0.3) is 0 Å². The summed E-state index contributed by atoms with van der Waals surface area (Å²) in [6.45, 7) is 2.09. The van der Waals surface area contributed by atoms with Gasteiger partial charge in [-0.1, -0.05) is 6.55 Å². The number of rotatable bonds is 3. The average molecular weight is 129 g/mol. The fourth-order valence-electron chi connectivity index (χ4n) is 0.0938. The molecule has 0 saturated heterocycles. The van der Waals surface area contributed by atoms with E-state index >= 15 is 0 Å². The first-order chi connectivity index (χ1) is 2.91. The maximum Gasteiger partial charge on any atom is 0.229 e. The Morgan fingerprint density at radius 1 is 1.67 bits per heavy atom. The Bertz CT molecular complexity index is 20.8. The van der Waals surface area contributed by atoms with Crippen molar-refractivity contribution in [1.29, 1.82) is 0 Å². The Morgan fingerprint density at radius 3 is 2.50 bits per heavy atom. The van der Waals surface area contributed by atoms with Crippen LogP contribution in [0.1, 0.15) is 0 Å². The molecule has 0 aromatic heterocycles. The summed E-state index contributed by atoms with van der Waals surface area (Å²) < 4.78 is 5.89. The highest BCUT2D eigenvalue weighted by Gasteiger charge is 1.76. The van der Waals surface area contributed by atoms with E-state index in [0.29, 0.717) is 9.84 Å². The molecule has 5 heteroatoms. The Hall–Kier alpha value is 0.571. The molecule has 7 radical (unpaired) electrons. The lowest BCUT2D eigenvalue weighted by atomic mass is 11.9.